The fourth-order valence-electron chi connectivity index (χ4n) is 5.87. The highest BCUT2D eigenvalue weighted by Crippen LogP contribution is 2.58. The monoisotopic (exact) mass is 372 g/mol. The number of hydrogen-bond acceptors (Lipinski definition) is 4. The summed E-state index contributed by atoms with van der Waals surface area (Å²) in [5.74, 6) is 1.14. The first-order valence-corrected chi connectivity index (χ1v) is 10.8. The molecule has 3 heterocycles. The average Bonchev–Trinajstić information content (AvgIpc) is 3.27. The largest absolute Gasteiger partial charge is 0.493 e. The molecule has 0 N–H and O–H groups in total. The van der Waals surface area contributed by atoms with E-state index in [0.29, 0.717) is 11.5 Å². The van der Waals surface area contributed by atoms with Crippen LogP contribution >= 0.6 is 0 Å². The molecule has 1 aromatic carbocycles. The Kier molecular flexibility index (Phi) is 4.40. The van der Waals surface area contributed by atoms with E-state index in [4.69, 9.17) is 18.9 Å². The quantitative estimate of drug-likeness (QED) is 0.716. The zero-order valence-electron chi connectivity index (χ0n) is 16.7. The summed E-state index contributed by atoms with van der Waals surface area (Å²) in [7, 11) is 1.72. The van der Waals surface area contributed by atoms with Crippen molar-refractivity contribution < 1.29 is 18.9 Å². The lowest BCUT2D eigenvalue weighted by atomic mass is 9.79. The van der Waals surface area contributed by atoms with Crippen LogP contribution in [0.25, 0.3) is 0 Å². The lowest BCUT2D eigenvalue weighted by molar-refractivity contribution is -0.198. The van der Waals surface area contributed by atoms with Gasteiger partial charge in [0.1, 0.15) is 0 Å². The molecule has 2 fully saturated rings. The molecule has 4 aliphatic rings. The third kappa shape index (κ3) is 2.96. The van der Waals surface area contributed by atoms with Crippen molar-refractivity contribution in [1.29, 1.82) is 0 Å². The van der Waals surface area contributed by atoms with E-state index in [-0.39, 0.29) is 6.10 Å². The van der Waals surface area contributed by atoms with E-state index in [0.717, 1.165) is 43.8 Å². The summed E-state index contributed by atoms with van der Waals surface area (Å²) in [6.07, 6.45) is 11.9. The fraction of sp³-hybridized carbons (Fsp3) is 0.739. The van der Waals surface area contributed by atoms with Gasteiger partial charge >= 0.3 is 0 Å². The van der Waals surface area contributed by atoms with Crippen molar-refractivity contribution in [2.75, 3.05) is 13.7 Å². The lowest BCUT2D eigenvalue weighted by Gasteiger charge is -2.44. The molecule has 0 bridgehead atoms. The maximum Gasteiger partial charge on any atom is 0.214 e. The van der Waals surface area contributed by atoms with Gasteiger partial charge < -0.3 is 18.9 Å². The number of hydrogen-bond donors (Lipinski definition) is 0. The molecule has 148 valence electrons. The van der Waals surface area contributed by atoms with Gasteiger partial charge in [-0.3, -0.25) is 0 Å². The molecule has 3 atom stereocenters. The number of benzene rings is 1. The molecule has 2 spiro atoms. The van der Waals surface area contributed by atoms with Crippen molar-refractivity contribution in [1.82, 2.24) is 0 Å². The second-order valence-electron chi connectivity index (χ2n) is 9.15. The Hall–Kier alpha value is -1.26. The minimum atomic E-state index is -0.541. The van der Waals surface area contributed by atoms with Crippen LogP contribution in [-0.4, -0.2) is 25.6 Å². The molecule has 3 aliphatic heterocycles. The van der Waals surface area contributed by atoms with Gasteiger partial charge in [-0.2, -0.15) is 0 Å². The summed E-state index contributed by atoms with van der Waals surface area (Å²) in [6, 6.07) is 4.27. The molecule has 1 aromatic rings. The van der Waals surface area contributed by atoms with Gasteiger partial charge in [0.2, 0.25) is 5.79 Å². The Labute approximate surface area is 162 Å². The molecule has 1 saturated carbocycles. The molecule has 27 heavy (non-hydrogen) atoms. The van der Waals surface area contributed by atoms with Crippen LogP contribution in [0, 0.1) is 5.41 Å². The van der Waals surface area contributed by atoms with Crippen LogP contribution in [0.4, 0.5) is 0 Å². The van der Waals surface area contributed by atoms with Gasteiger partial charge in [-0.05, 0) is 37.3 Å². The van der Waals surface area contributed by atoms with Gasteiger partial charge in [0.05, 0.1) is 25.9 Å². The van der Waals surface area contributed by atoms with Crippen molar-refractivity contribution in [2.45, 2.75) is 89.1 Å². The highest BCUT2D eigenvalue weighted by Gasteiger charge is 2.56. The standard InChI is InChI=1S/C23H32O4/c1-3-4-7-17-12-16-8-9-18(24-2)21-20(16)19(26-17)13-23(27-21)14-22(15-25-23)10-5-6-11-22/h8-9,17,19H,3-7,10-15H2,1-2H3. The highest BCUT2D eigenvalue weighted by atomic mass is 16.7. The Bertz CT molecular complexity index is 709. The predicted molar refractivity (Wildman–Crippen MR) is 103 cm³/mol. The Morgan fingerprint density at radius 2 is 2.07 bits per heavy atom. The van der Waals surface area contributed by atoms with Crippen molar-refractivity contribution in [2.24, 2.45) is 5.41 Å². The first kappa shape index (κ1) is 17.8. The summed E-state index contributed by atoms with van der Waals surface area (Å²) in [5, 5.41) is 0. The predicted octanol–water partition coefficient (Wildman–Crippen LogP) is 5.33. The normalized spacial score (nSPS) is 33.3. The molecule has 1 saturated heterocycles. The Balaban J connectivity index is 1.49. The SMILES string of the molecule is CCCCC1Cc2ccc(OC)c3c2C(CC2(CC4(CCCC4)CO2)O3)O1. The molecule has 4 heteroatoms. The van der Waals surface area contributed by atoms with Crippen LogP contribution in [0.15, 0.2) is 12.1 Å². The van der Waals surface area contributed by atoms with E-state index in [1.54, 1.807) is 7.11 Å². The van der Waals surface area contributed by atoms with Crippen molar-refractivity contribution in [3.8, 4) is 11.5 Å². The van der Waals surface area contributed by atoms with Gasteiger partial charge in [0.25, 0.3) is 0 Å². The van der Waals surface area contributed by atoms with Crippen LogP contribution in [0.1, 0.15) is 81.9 Å². The molecule has 5 rings (SSSR count). The van der Waals surface area contributed by atoms with Gasteiger partial charge in [-0.25, -0.2) is 0 Å². The summed E-state index contributed by atoms with van der Waals surface area (Å²) >= 11 is 0. The zero-order chi connectivity index (χ0) is 18.5. The summed E-state index contributed by atoms with van der Waals surface area (Å²) in [5.41, 5.74) is 2.90. The fourth-order valence-corrected chi connectivity index (χ4v) is 5.87. The third-order valence-corrected chi connectivity index (χ3v) is 7.21. The van der Waals surface area contributed by atoms with E-state index >= 15 is 0 Å². The molecule has 0 amide bonds. The Morgan fingerprint density at radius 3 is 2.85 bits per heavy atom. The van der Waals surface area contributed by atoms with E-state index < -0.39 is 5.79 Å². The van der Waals surface area contributed by atoms with Crippen molar-refractivity contribution in [3.63, 3.8) is 0 Å². The number of unbranched alkanes of at least 4 members (excludes halogenated alkanes) is 1. The van der Waals surface area contributed by atoms with Gasteiger partial charge in [0.15, 0.2) is 11.5 Å². The maximum absolute atomic E-state index is 6.63. The molecule has 0 aromatic heterocycles. The van der Waals surface area contributed by atoms with Gasteiger partial charge in [-0.1, -0.05) is 38.7 Å². The minimum Gasteiger partial charge on any atom is -0.493 e. The third-order valence-electron chi connectivity index (χ3n) is 7.21. The number of rotatable bonds is 4. The van der Waals surface area contributed by atoms with Crippen LogP contribution < -0.4 is 9.47 Å². The van der Waals surface area contributed by atoms with Gasteiger partial charge in [-0.15, -0.1) is 0 Å². The topological polar surface area (TPSA) is 36.9 Å². The van der Waals surface area contributed by atoms with Crippen molar-refractivity contribution >= 4 is 0 Å². The van der Waals surface area contributed by atoms with Crippen LogP contribution in [-0.2, 0) is 15.9 Å². The summed E-state index contributed by atoms with van der Waals surface area (Å²) in [6.45, 7) is 3.08. The van der Waals surface area contributed by atoms with Crippen LogP contribution in [0.3, 0.4) is 0 Å². The second-order valence-corrected chi connectivity index (χ2v) is 9.15. The van der Waals surface area contributed by atoms with Crippen LogP contribution in [0.5, 0.6) is 11.5 Å². The Morgan fingerprint density at radius 1 is 1.22 bits per heavy atom. The molecule has 0 radical (unpaired) electrons. The number of methoxy groups -OCH3 is 1. The molecule has 1 aliphatic carbocycles. The summed E-state index contributed by atoms with van der Waals surface area (Å²) in [4.78, 5) is 0. The maximum atomic E-state index is 6.63. The first-order chi connectivity index (χ1) is 13.2. The molecule has 3 unspecified atom stereocenters. The average molecular weight is 373 g/mol. The zero-order valence-corrected chi connectivity index (χ0v) is 16.7. The van der Waals surface area contributed by atoms with E-state index in [1.807, 2.05) is 0 Å². The number of ether oxygens (including phenoxy) is 4. The molecular weight excluding hydrogens is 340 g/mol. The highest BCUT2D eigenvalue weighted by molar-refractivity contribution is 5.54. The lowest BCUT2D eigenvalue weighted by Crippen LogP contribution is -2.44. The molecular formula is C23H32O4. The van der Waals surface area contributed by atoms with Gasteiger partial charge in [0, 0.05) is 23.8 Å². The van der Waals surface area contributed by atoms with E-state index in [2.05, 4.69) is 19.1 Å². The van der Waals surface area contributed by atoms with Crippen molar-refractivity contribution in [3.05, 3.63) is 23.3 Å². The summed E-state index contributed by atoms with van der Waals surface area (Å²) < 4.78 is 25.3. The second kappa shape index (κ2) is 6.66. The minimum absolute atomic E-state index is 0.0611. The van der Waals surface area contributed by atoms with Crippen LogP contribution in [0.2, 0.25) is 0 Å². The smallest absolute Gasteiger partial charge is 0.214 e. The molecule has 4 nitrogen and oxygen atoms in total. The van der Waals surface area contributed by atoms with E-state index in [9.17, 15) is 0 Å². The first-order valence-electron chi connectivity index (χ1n) is 10.8. The van der Waals surface area contributed by atoms with E-state index in [1.165, 1.54) is 49.7 Å².